The van der Waals surface area contributed by atoms with Crippen LogP contribution in [0.15, 0.2) is 36.9 Å². The van der Waals surface area contributed by atoms with Crippen LogP contribution in [0.4, 0.5) is 4.39 Å². The molecule has 0 aliphatic rings. The number of aromatic nitrogens is 3. The molecule has 0 saturated carbocycles. The minimum atomic E-state index is -0.587. The van der Waals surface area contributed by atoms with E-state index in [0.717, 1.165) is 0 Å². The van der Waals surface area contributed by atoms with Gasteiger partial charge in [0, 0.05) is 19.5 Å². The first-order valence-corrected chi connectivity index (χ1v) is 7.21. The third-order valence-electron chi connectivity index (χ3n) is 3.24. The van der Waals surface area contributed by atoms with Crippen molar-refractivity contribution in [3.05, 3.63) is 48.3 Å². The molecule has 2 aromatic rings. The second-order valence-electron chi connectivity index (χ2n) is 5.01. The molecule has 1 atom stereocenters. The van der Waals surface area contributed by atoms with E-state index in [1.165, 1.54) is 24.5 Å². The fourth-order valence-electron chi connectivity index (χ4n) is 1.92. The molecular formula is C15H18FN5O2. The predicted octanol–water partition coefficient (Wildman–Crippen LogP) is 0.914. The molecular weight excluding hydrogens is 301 g/mol. The summed E-state index contributed by atoms with van der Waals surface area (Å²) in [5.74, 6) is -1.33. The lowest BCUT2D eigenvalue weighted by atomic mass is 10.2. The third-order valence-corrected chi connectivity index (χ3v) is 3.24. The zero-order valence-corrected chi connectivity index (χ0v) is 12.7. The fraction of sp³-hybridized carbons (Fsp3) is 0.333. The normalized spacial score (nSPS) is 11.7. The maximum absolute atomic E-state index is 13.4. The van der Waals surface area contributed by atoms with Crippen molar-refractivity contribution in [2.75, 3.05) is 13.1 Å². The summed E-state index contributed by atoms with van der Waals surface area (Å²) in [4.78, 5) is 27.3. The Morgan fingerprint density at radius 1 is 1.30 bits per heavy atom. The van der Waals surface area contributed by atoms with Gasteiger partial charge in [0.25, 0.3) is 5.91 Å². The topological polar surface area (TPSA) is 88.9 Å². The molecule has 0 aliphatic heterocycles. The van der Waals surface area contributed by atoms with E-state index in [0.29, 0.717) is 6.54 Å². The summed E-state index contributed by atoms with van der Waals surface area (Å²) in [6.45, 7) is 2.44. The number of carbonyl (C=O) groups is 2. The van der Waals surface area contributed by atoms with Crippen LogP contribution in [-0.2, 0) is 4.79 Å². The first kappa shape index (κ1) is 16.6. The monoisotopic (exact) mass is 319 g/mol. The molecule has 23 heavy (non-hydrogen) atoms. The van der Waals surface area contributed by atoms with Crippen LogP contribution in [0.5, 0.6) is 0 Å². The summed E-state index contributed by atoms with van der Waals surface area (Å²) < 4.78 is 15.1. The van der Waals surface area contributed by atoms with Crippen molar-refractivity contribution in [2.45, 2.75) is 19.4 Å². The minimum Gasteiger partial charge on any atom is -0.354 e. The van der Waals surface area contributed by atoms with Gasteiger partial charge in [-0.15, -0.1) is 0 Å². The number of nitrogens with one attached hydrogen (secondary N) is 2. The summed E-state index contributed by atoms with van der Waals surface area (Å²) in [5.41, 5.74) is -0.0345. The number of rotatable bonds is 7. The number of benzene rings is 1. The molecule has 8 heteroatoms. The van der Waals surface area contributed by atoms with Crippen LogP contribution in [-0.4, -0.2) is 39.7 Å². The molecule has 1 aromatic heterocycles. The summed E-state index contributed by atoms with van der Waals surface area (Å²) in [5, 5.41) is 9.24. The first-order valence-electron chi connectivity index (χ1n) is 7.21. The van der Waals surface area contributed by atoms with E-state index in [1.54, 1.807) is 17.1 Å². The Labute approximate surface area is 132 Å². The number of carbonyl (C=O) groups excluding carboxylic acids is 2. The third kappa shape index (κ3) is 4.87. The van der Waals surface area contributed by atoms with Gasteiger partial charge in [0.15, 0.2) is 0 Å². The number of hydrogen-bond acceptors (Lipinski definition) is 4. The van der Waals surface area contributed by atoms with Gasteiger partial charge in [-0.2, -0.15) is 5.10 Å². The van der Waals surface area contributed by atoms with Crippen molar-refractivity contribution < 1.29 is 14.0 Å². The molecule has 122 valence electrons. The van der Waals surface area contributed by atoms with Crippen LogP contribution in [0.1, 0.15) is 29.7 Å². The van der Waals surface area contributed by atoms with E-state index in [9.17, 15) is 14.0 Å². The molecule has 0 bridgehead atoms. The summed E-state index contributed by atoms with van der Waals surface area (Å²) in [7, 11) is 0. The van der Waals surface area contributed by atoms with Gasteiger partial charge in [0.05, 0.1) is 11.6 Å². The highest BCUT2D eigenvalue weighted by Gasteiger charge is 2.11. The quantitative estimate of drug-likeness (QED) is 0.794. The van der Waals surface area contributed by atoms with Gasteiger partial charge in [-0.25, -0.2) is 14.1 Å². The van der Waals surface area contributed by atoms with Gasteiger partial charge >= 0.3 is 0 Å². The molecule has 0 aliphatic carbocycles. The Kier molecular flexibility index (Phi) is 5.79. The second kappa shape index (κ2) is 8.02. The molecule has 0 spiro atoms. The fourth-order valence-corrected chi connectivity index (χ4v) is 1.92. The number of halogens is 1. The molecule has 2 N–H and O–H groups in total. The van der Waals surface area contributed by atoms with Crippen LogP contribution in [0.2, 0.25) is 0 Å². The smallest absolute Gasteiger partial charge is 0.254 e. The largest absolute Gasteiger partial charge is 0.354 e. The molecule has 0 unspecified atom stereocenters. The molecule has 0 fully saturated rings. The summed E-state index contributed by atoms with van der Waals surface area (Å²) in [6, 6.07) is 5.68. The van der Waals surface area contributed by atoms with Gasteiger partial charge in [-0.05, 0) is 19.1 Å². The van der Waals surface area contributed by atoms with E-state index in [1.807, 2.05) is 6.92 Å². The first-order chi connectivity index (χ1) is 11.1. The Balaban J connectivity index is 1.69. The zero-order valence-electron chi connectivity index (χ0n) is 12.7. The highest BCUT2D eigenvalue weighted by molar-refractivity contribution is 5.94. The SMILES string of the molecule is C[C@H](CNC(=O)CCNC(=O)c1ccccc1F)n1cncn1. The Morgan fingerprint density at radius 3 is 2.78 bits per heavy atom. The van der Waals surface area contributed by atoms with Gasteiger partial charge < -0.3 is 10.6 Å². The van der Waals surface area contributed by atoms with E-state index in [2.05, 4.69) is 20.7 Å². The Hall–Kier alpha value is -2.77. The van der Waals surface area contributed by atoms with Crippen molar-refractivity contribution in [2.24, 2.45) is 0 Å². The predicted molar refractivity (Wildman–Crippen MR) is 81.1 cm³/mol. The van der Waals surface area contributed by atoms with Crippen molar-refractivity contribution in [1.82, 2.24) is 25.4 Å². The number of amides is 2. The average Bonchev–Trinajstić information content (AvgIpc) is 3.07. The average molecular weight is 319 g/mol. The number of nitrogens with zero attached hydrogens (tertiary/aromatic N) is 3. The Bertz CT molecular complexity index is 660. The van der Waals surface area contributed by atoms with Crippen LogP contribution in [0.3, 0.4) is 0 Å². The molecule has 1 aromatic carbocycles. The van der Waals surface area contributed by atoms with E-state index < -0.39 is 11.7 Å². The van der Waals surface area contributed by atoms with Crippen LogP contribution >= 0.6 is 0 Å². The van der Waals surface area contributed by atoms with Gasteiger partial charge in [-0.3, -0.25) is 9.59 Å². The second-order valence-corrected chi connectivity index (χ2v) is 5.01. The molecule has 2 rings (SSSR count). The van der Waals surface area contributed by atoms with E-state index in [-0.39, 0.29) is 30.5 Å². The minimum absolute atomic E-state index is 0.0190. The van der Waals surface area contributed by atoms with E-state index >= 15 is 0 Å². The van der Waals surface area contributed by atoms with Crippen LogP contribution in [0.25, 0.3) is 0 Å². The van der Waals surface area contributed by atoms with Crippen molar-refractivity contribution in [3.63, 3.8) is 0 Å². The molecule has 7 nitrogen and oxygen atoms in total. The lowest BCUT2D eigenvalue weighted by Crippen LogP contribution is -2.33. The summed E-state index contributed by atoms with van der Waals surface area (Å²) in [6.07, 6.45) is 3.12. The van der Waals surface area contributed by atoms with Gasteiger partial charge in [0.1, 0.15) is 18.5 Å². The summed E-state index contributed by atoms with van der Waals surface area (Å²) >= 11 is 0. The van der Waals surface area contributed by atoms with Crippen LogP contribution < -0.4 is 10.6 Å². The standard InChI is InChI=1S/C15H18FN5O2/c1-11(21-10-17-9-20-21)8-19-14(22)6-7-18-15(23)12-4-2-3-5-13(12)16/h2-5,9-11H,6-8H2,1H3,(H,18,23)(H,19,22)/t11-/m1/s1. The molecule has 0 radical (unpaired) electrons. The number of hydrogen-bond donors (Lipinski definition) is 2. The highest BCUT2D eigenvalue weighted by atomic mass is 19.1. The lowest BCUT2D eigenvalue weighted by molar-refractivity contribution is -0.121. The van der Waals surface area contributed by atoms with Crippen LogP contribution in [0, 0.1) is 5.82 Å². The van der Waals surface area contributed by atoms with Gasteiger partial charge in [-0.1, -0.05) is 12.1 Å². The maximum Gasteiger partial charge on any atom is 0.254 e. The zero-order chi connectivity index (χ0) is 16.7. The highest BCUT2D eigenvalue weighted by Crippen LogP contribution is 2.05. The lowest BCUT2D eigenvalue weighted by Gasteiger charge is -2.12. The van der Waals surface area contributed by atoms with Crippen molar-refractivity contribution >= 4 is 11.8 Å². The molecule has 1 heterocycles. The van der Waals surface area contributed by atoms with Crippen molar-refractivity contribution in [3.8, 4) is 0 Å². The molecule has 2 amide bonds. The maximum atomic E-state index is 13.4. The molecule has 0 saturated heterocycles. The van der Waals surface area contributed by atoms with Gasteiger partial charge in [0.2, 0.25) is 5.91 Å². The van der Waals surface area contributed by atoms with E-state index in [4.69, 9.17) is 0 Å². The Morgan fingerprint density at radius 2 is 2.09 bits per heavy atom. The van der Waals surface area contributed by atoms with Crippen molar-refractivity contribution in [1.29, 1.82) is 0 Å².